The van der Waals surface area contributed by atoms with Crippen LogP contribution in [0.2, 0.25) is 0 Å². The van der Waals surface area contributed by atoms with E-state index in [1.165, 1.54) is 7.11 Å². The third-order valence-electron chi connectivity index (χ3n) is 3.98. The van der Waals surface area contributed by atoms with Gasteiger partial charge in [-0.05, 0) is 31.5 Å². The van der Waals surface area contributed by atoms with E-state index in [-0.39, 0.29) is 35.4 Å². The molecule has 0 saturated carbocycles. The van der Waals surface area contributed by atoms with Crippen LogP contribution in [-0.4, -0.2) is 58.1 Å². The molecule has 0 fully saturated rings. The van der Waals surface area contributed by atoms with Crippen LogP contribution in [0.4, 0.5) is 0 Å². The first-order chi connectivity index (χ1) is 13.9. The van der Waals surface area contributed by atoms with Crippen LogP contribution in [0.3, 0.4) is 0 Å². The summed E-state index contributed by atoms with van der Waals surface area (Å²) < 4.78 is 32.2. The smallest absolute Gasteiger partial charge is 0.240 e. The molecular formula is C19H30IN5O3S2. The van der Waals surface area contributed by atoms with Gasteiger partial charge in [0.05, 0.1) is 35.3 Å². The normalized spacial score (nSPS) is 11.8. The number of guanidine groups is 1. The van der Waals surface area contributed by atoms with Crippen LogP contribution >= 0.6 is 35.3 Å². The van der Waals surface area contributed by atoms with Crippen molar-refractivity contribution in [2.45, 2.75) is 31.8 Å². The Hall–Kier alpha value is -1.28. The van der Waals surface area contributed by atoms with Gasteiger partial charge < -0.3 is 15.0 Å². The van der Waals surface area contributed by atoms with E-state index in [0.29, 0.717) is 19.7 Å². The first kappa shape index (κ1) is 26.8. The number of nitrogens with zero attached hydrogens (tertiary/aromatic N) is 3. The molecule has 0 saturated heterocycles. The fourth-order valence-electron chi connectivity index (χ4n) is 2.61. The van der Waals surface area contributed by atoms with E-state index in [2.05, 4.69) is 20.0 Å². The number of rotatable bonds is 10. The average molecular weight is 568 g/mol. The van der Waals surface area contributed by atoms with Gasteiger partial charge in [-0.1, -0.05) is 12.1 Å². The van der Waals surface area contributed by atoms with Crippen molar-refractivity contribution in [2.24, 2.45) is 4.99 Å². The highest BCUT2D eigenvalue weighted by Crippen LogP contribution is 2.13. The predicted octanol–water partition coefficient (Wildman–Crippen LogP) is 2.59. The lowest BCUT2D eigenvalue weighted by Gasteiger charge is -2.21. The number of sulfonamides is 1. The van der Waals surface area contributed by atoms with E-state index in [1.807, 2.05) is 37.2 Å². The summed E-state index contributed by atoms with van der Waals surface area (Å²) in [5.74, 6) is 0.740. The molecule has 0 aliphatic carbocycles. The largest absolute Gasteiger partial charge is 0.383 e. The topological polar surface area (TPSA) is 95.9 Å². The maximum absolute atomic E-state index is 12.4. The second kappa shape index (κ2) is 13.2. The van der Waals surface area contributed by atoms with Gasteiger partial charge in [-0.3, -0.25) is 0 Å². The Labute approximate surface area is 200 Å². The van der Waals surface area contributed by atoms with E-state index in [1.54, 1.807) is 29.5 Å². The fraction of sp³-hybridized carbons (Fsp3) is 0.474. The minimum Gasteiger partial charge on any atom is -0.383 e. The molecule has 1 heterocycles. The third kappa shape index (κ3) is 8.46. The molecule has 0 aliphatic rings. The number of halogens is 1. The number of aryl methyl sites for hydroxylation is 1. The van der Waals surface area contributed by atoms with Crippen LogP contribution < -0.4 is 10.0 Å². The second-order valence-electron chi connectivity index (χ2n) is 6.42. The molecule has 2 N–H and O–H groups in total. The highest BCUT2D eigenvalue weighted by Gasteiger charge is 2.14. The van der Waals surface area contributed by atoms with Gasteiger partial charge in [0.1, 0.15) is 0 Å². The summed E-state index contributed by atoms with van der Waals surface area (Å²) in [6, 6.07) is 6.81. The minimum absolute atomic E-state index is 0. The van der Waals surface area contributed by atoms with Crippen LogP contribution in [0.15, 0.2) is 39.5 Å². The van der Waals surface area contributed by atoms with Crippen molar-refractivity contribution in [3.8, 4) is 0 Å². The number of nitrogens with one attached hydrogen (secondary N) is 2. The lowest BCUT2D eigenvalue weighted by molar-refractivity contribution is 0.204. The van der Waals surface area contributed by atoms with Crippen LogP contribution in [-0.2, 0) is 27.8 Å². The van der Waals surface area contributed by atoms with Crippen molar-refractivity contribution < 1.29 is 13.2 Å². The molecule has 0 atom stereocenters. The molecule has 11 heteroatoms. The zero-order valence-corrected chi connectivity index (χ0v) is 21.7. The van der Waals surface area contributed by atoms with E-state index in [0.717, 1.165) is 28.8 Å². The number of hydrogen-bond donors (Lipinski definition) is 2. The molecule has 2 rings (SSSR count). The van der Waals surface area contributed by atoms with Crippen LogP contribution in [0.5, 0.6) is 0 Å². The molecule has 1 aromatic heterocycles. The van der Waals surface area contributed by atoms with E-state index in [9.17, 15) is 8.42 Å². The molecule has 1 aromatic carbocycles. The van der Waals surface area contributed by atoms with E-state index >= 15 is 0 Å². The maximum Gasteiger partial charge on any atom is 0.240 e. The summed E-state index contributed by atoms with van der Waals surface area (Å²) >= 11 is 1.62. The van der Waals surface area contributed by atoms with Crippen molar-refractivity contribution in [1.29, 1.82) is 0 Å². The van der Waals surface area contributed by atoms with Gasteiger partial charge >= 0.3 is 0 Å². The second-order valence-corrected chi connectivity index (χ2v) is 9.25. The number of benzene rings is 1. The summed E-state index contributed by atoms with van der Waals surface area (Å²) in [5, 5.41) is 6.34. The van der Waals surface area contributed by atoms with Crippen LogP contribution in [0, 0.1) is 6.92 Å². The van der Waals surface area contributed by atoms with E-state index in [4.69, 9.17) is 4.74 Å². The van der Waals surface area contributed by atoms with Crippen molar-refractivity contribution in [3.63, 3.8) is 0 Å². The third-order valence-corrected chi connectivity index (χ3v) is 6.26. The Kier molecular flexibility index (Phi) is 11.8. The Morgan fingerprint density at radius 3 is 2.77 bits per heavy atom. The molecule has 2 aromatic rings. The highest BCUT2D eigenvalue weighted by molar-refractivity contribution is 14.0. The summed E-state index contributed by atoms with van der Waals surface area (Å²) in [6.45, 7) is 6.29. The standard InChI is InChI=1S/C19H29N5O3S2.HI/c1-5-20-19(24(3)13-17-14-28-15(2)23-17)21-12-16-7-6-8-18(11-16)29(25,26)22-9-10-27-4;/h6-8,11,14,22H,5,9-10,12-13H2,1-4H3,(H,20,21);1H. The molecule has 0 bridgehead atoms. The number of aliphatic imine (C=N–C) groups is 1. The van der Waals surface area contributed by atoms with Gasteiger partial charge in [0.25, 0.3) is 0 Å². The van der Waals surface area contributed by atoms with Crippen LogP contribution in [0.25, 0.3) is 0 Å². The molecular weight excluding hydrogens is 537 g/mol. The molecule has 30 heavy (non-hydrogen) atoms. The molecule has 8 nitrogen and oxygen atoms in total. The monoisotopic (exact) mass is 567 g/mol. The van der Waals surface area contributed by atoms with Gasteiger partial charge in [0, 0.05) is 32.6 Å². The Morgan fingerprint density at radius 2 is 2.13 bits per heavy atom. The molecule has 0 spiro atoms. The van der Waals surface area contributed by atoms with Gasteiger partial charge in [0.15, 0.2) is 5.96 Å². The molecule has 0 aliphatic heterocycles. The fourth-order valence-corrected chi connectivity index (χ4v) is 4.29. The van der Waals surface area contributed by atoms with Crippen molar-refractivity contribution >= 4 is 51.3 Å². The Morgan fingerprint density at radius 1 is 1.37 bits per heavy atom. The van der Waals surface area contributed by atoms with Gasteiger partial charge in [-0.25, -0.2) is 23.1 Å². The van der Waals surface area contributed by atoms with Crippen molar-refractivity contribution in [3.05, 3.63) is 45.9 Å². The lowest BCUT2D eigenvalue weighted by Crippen LogP contribution is -2.38. The lowest BCUT2D eigenvalue weighted by atomic mass is 10.2. The molecule has 0 unspecified atom stereocenters. The summed E-state index contributed by atoms with van der Waals surface area (Å²) in [6.07, 6.45) is 0. The molecule has 0 radical (unpaired) electrons. The molecule has 168 valence electrons. The zero-order chi connectivity index (χ0) is 21.3. The number of hydrogen-bond acceptors (Lipinski definition) is 6. The van der Waals surface area contributed by atoms with E-state index < -0.39 is 10.0 Å². The van der Waals surface area contributed by atoms with Crippen LogP contribution in [0.1, 0.15) is 23.2 Å². The highest BCUT2D eigenvalue weighted by atomic mass is 127. The van der Waals surface area contributed by atoms with Crippen molar-refractivity contribution in [1.82, 2.24) is 19.9 Å². The van der Waals surface area contributed by atoms with Gasteiger partial charge in [0.2, 0.25) is 10.0 Å². The average Bonchev–Trinajstić information content (AvgIpc) is 3.10. The Bertz CT molecular complexity index is 918. The summed E-state index contributed by atoms with van der Waals surface area (Å²) in [4.78, 5) is 11.4. The molecule has 0 amide bonds. The number of thiazole rings is 1. The first-order valence-corrected chi connectivity index (χ1v) is 11.7. The SMILES string of the molecule is CCNC(=NCc1cccc(S(=O)(=O)NCCOC)c1)N(C)Cc1csc(C)n1.I. The quantitative estimate of drug-likeness (QED) is 0.198. The van der Waals surface area contributed by atoms with Gasteiger partial charge in [-0.2, -0.15) is 0 Å². The summed E-state index contributed by atoms with van der Waals surface area (Å²) in [5.41, 5.74) is 1.81. The first-order valence-electron chi connectivity index (χ1n) is 9.33. The number of methoxy groups -OCH3 is 1. The number of ether oxygens (including phenoxy) is 1. The predicted molar refractivity (Wildman–Crippen MR) is 132 cm³/mol. The maximum atomic E-state index is 12.4. The van der Waals surface area contributed by atoms with Crippen molar-refractivity contribution in [2.75, 3.05) is 33.9 Å². The minimum atomic E-state index is -3.57. The number of aromatic nitrogens is 1. The summed E-state index contributed by atoms with van der Waals surface area (Å²) in [7, 11) is -0.0858. The Balaban J connectivity index is 0.00000450. The van der Waals surface area contributed by atoms with Gasteiger partial charge in [-0.15, -0.1) is 35.3 Å². The zero-order valence-electron chi connectivity index (χ0n) is 17.7.